The van der Waals surface area contributed by atoms with Crippen LogP contribution in [0, 0.1) is 0 Å². The molecule has 5 aromatic rings. The first-order valence-corrected chi connectivity index (χ1v) is 11.7. The highest BCUT2D eigenvalue weighted by Gasteiger charge is 2.44. The second-order valence-electron chi connectivity index (χ2n) is 9.35. The molecule has 0 saturated carbocycles. The van der Waals surface area contributed by atoms with Crippen LogP contribution in [0.5, 0.6) is 0 Å². The van der Waals surface area contributed by atoms with Gasteiger partial charge in [0, 0.05) is 44.3 Å². The summed E-state index contributed by atoms with van der Waals surface area (Å²) < 4.78 is 5.68. The summed E-state index contributed by atoms with van der Waals surface area (Å²) in [5.41, 5.74) is 4.59. The maximum absolute atomic E-state index is 13.5. The number of benzene rings is 3. The standard InChI is InChI=1S/C28H22ClN3O3/c1-28(2)21-8-6-17(26(33)31-23-14-30-22-9-7-19(29)13-20(22)23)12-24(21)32(27(28)34)15-18-5-3-4-16-10-11-35-25(16)18/h3-14,30H,15H2,1-2H3,(H,31,33). The van der Waals surface area contributed by atoms with E-state index in [4.69, 9.17) is 16.0 Å². The molecule has 2 N–H and O–H groups in total. The summed E-state index contributed by atoms with van der Waals surface area (Å²) in [6, 6.07) is 18.7. The number of H-pyrrole nitrogens is 1. The van der Waals surface area contributed by atoms with Crippen LogP contribution in [-0.2, 0) is 16.8 Å². The van der Waals surface area contributed by atoms with Crippen LogP contribution in [0.15, 0.2) is 77.5 Å². The maximum atomic E-state index is 13.5. The first kappa shape index (κ1) is 21.5. The Bertz CT molecular complexity index is 1650. The van der Waals surface area contributed by atoms with Crippen molar-refractivity contribution in [3.63, 3.8) is 0 Å². The van der Waals surface area contributed by atoms with Crippen molar-refractivity contribution < 1.29 is 14.0 Å². The number of rotatable bonds is 4. The van der Waals surface area contributed by atoms with Crippen molar-refractivity contribution in [2.45, 2.75) is 25.8 Å². The highest BCUT2D eigenvalue weighted by Crippen LogP contribution is 2.43. The normalized spacial score (nSPS) is 14.6. The highest BCUT2D eigenvalue weighted by molar-refractivity contribution is 6.31. The number of aromatic nitrogens is 1. The Kier molecular flexibility index (Phi) is 4.76. The van der Waals surface area contributed by atoms with E-state index in [2.05, 4.69) is 10.3 Å². The maximum Gasteiger partial charge on any atom is 0.255 e. The lowest BCUT2D eigenvalue weighted by atomic mass is 9.86. The summed E-state index contributed by atoms with van der Waals surface area (Å²) in [7, 11) is 0. The Morgan fingerprint density at radius 1 is 1.11 bits per heavy atom. The molecule has 6 rings (SSSR count). The molecule has 0 unspecified atom stereocenters. The fraction of sp³-hybridized carbons (Fsp3) is 0.143. The zero-order chi connectivity index (χ0) is 24.3. The van der Waals surface area contributed by atoms with Crippen LogP contribution in [0.25, 0.3) is 21.9 Å². The van der Waals surface area contributed by atoms with Crippen LogP contribution in [0.4, 0.5) is 11.4 Å². The average Bonchev–Trinajstić information content (AvgIpc) is 3.53. The number of amides is 2. The number of carbonyl (C=O) groups is 2. The molecular weight excluding hydrogens is 462 g/mol. The van der Waals surface area contributed by atoms with Crippen LogP contribution in [0.3, 0.4) is 0 Å². The molecule has 0 saturated heterocycles. The largest absolute Gasteiger partial charge is 0.464 e. The first-order chi connectivity index (χ1) is 16.8. The number of anilines is 2. The molecule has 0 aliphatic carbocycles. The monoisotopic (exact) mass is 483 g/mol. The number of para-hydroxylation sites is 1. The van der Waals surface area contributed by atoms with Crippen LogP contribution in [0.1, 0.15) is 35.3 Å². The Hall–Kier alpha value is -4.03. The fourth-order valence-corrected chi connectivity index (χ4v) is 5.06. The summed E-state index contributed by atoms with van der Waals surface area (Å²) in [4.78, 5) is 31.6. The lowest BCUT2D eigenvalue weighted by molar-refractivity contribution is -0.122. The molecule has 1 aliphatic heterocycles. The molecule has 174 valence electrons. The van der Waals surface area contributed by atoms with Gasteiger partial charge in [-0.2, -0.15) is 0 Å². The van der Waals surface area contributed by atoms with E-state index in [0.717, 1.165) is 38.7 Å². The summed E-state index contributed by atoms with van der Waals surface area (Å²) in [5, 5.41) is 5.38. The minimum Gasteiger partial charge on any atom is -0.464 e. The molecule has 0 spiro atoms. The van der Waals surface area contributed by atoms with Crippen molar-refractivity contribution >= 4 is 56.7 Å². The van der Waals surface area contributed by atoms with Gasteiger partial charge in [-0.1, -0.05) is 35.9 Å². The van der Waals surface area contributed by atoms with Gasteiger partial charge >= 0.3 is 0 Å². The molecule has 1 aliphatic rings. The van der Waals surface area contributed by atoms with Gasteiger partial charge in [0.25, 0.3) is 5.91 Å². The van der Waals surface area contributed by atoms with Crippen molar-refractivity contribution in [1.82, 2.24) is 4.98 Å². The Morgan fingerprint density at radius 3 is 2.83 bits per heavy atom. The van der Waals surface area contributed by atoms with Gasteiger partial charge in [-0.15, -0.1) is 0 Å². The molecular formula is C28H22ClN3O3. The molecule has 7 heteroatoms. The zero-order valence-electron chi connectivity index (χ0n) is 19.2. The lowest BCUT2D eigenvalue weighted by Gasteiger charge is -2.20. The third-order valence-electron chi connectivity index (χ3n) is 6.78. The van der Waals surface area contributed by atoms with E-state index in [1.165, 1.54) is 0 Å². The van der Waals surface area contributed by atoms with E-state index in [1.54, 1.807) is 35.6 Å². The minimum atomic E-state index is -0.699. The Morgan fingerprint density at radius 2 is 1.97 bits per heavy atom. The predicted octanol–water partition coefficient (Wildman–Crippen LogP) is 6.64. The van der Waals surface area contributed by atoms with Crippen molar-refractivity contribution in [2.75, 3.05) is 10.2 Å². The van der Waals surface area contributed by atoms with Gasteiger partial charge in [0.1, 0.15) is 5.58 Å². The van der Waals surface area contributed by atoms with Gasteiger partial charge in [0.2, 0.25) is 5.91 Å². The van der Waals surface area contributed by atoms with Crippen LogP contribution < -0.4 is 10.2 Å². The number of nitrogens with one attached hydrogen (secondary N) is 2. The fourth-order valence-electron chi connectivity index (χ4n) is 4.88. The molecule has 0 atom stereocenters. The molecule has 0 bridgehead atoms. The number of fused-ring (bicyclic) bond motifs is 3. The van der Waals surface area contributed by atoms with Crippen molar-refractivity contribution in [2.24, 2.45) is 0 Å². The van der Waals surface area contributed by atoms with Gasteiger partial charge in [0.05, 0.1) is 23.9 Å². The zero-order valence-corrected chi connectivity index (χ0v) is 19.9. The van der Waals surface area contributed by atoms with Gasteiger partial charge in [-0.05, 0) is 55.8 Å². The lowest BCUT2D eigenvalue weighted by Crippen LogP contribution is -2.35. The molecule has 0 fully saturated rings. The Labute approximate surface area is 206 Å². The SMILES string of the molecule is CC1(C)C(=O)N(Cc2cccc3ccoc23)c2cc(C(=O)Nc3c[nH]c4ccc(Cl)cc34)ccc21. The van der Waals surface area contributed by atoms with E-state index in [9.17, 15) is 9.59 Å². The topological polar surface area (TPSA) is 78.3 Å². The number of carbonyl (C=O) groups excluding carboxylic acids is 2. The summed E-state index contributed by atoms with van der Waals surface area (Å²) in [5.74, 6) is -0.279. The van der Waals surface area contributed by atoms with Gasteiger partial charge < -0.3 is 19.6 Å². The summed E-state index contributed by atoms with van der Waals surface area (Å²) >= 11 is 6.15. The highest BCUT2D eigenvalue weighted by atomic mass is 35.5. The van der Waals surface area contributed by atoms with Gasteiger partial charge in [0.15, 0.2) is 0 Å². The summed E-state index contributed by atoms with van der Waals surface area (Å²) in [6.07, 6.45) is 3.40. The third kappa shape index (κ3) is 3.41. The number of aromatic amines is 1. The second kappa shape index (κ2) is 7.75. The molecule has 3 aromatic carbocycles. The summed E-state index contributed by atoms with van der Waals surface area (Å²) in [6.45, 7) is 4.18. The second-order valence-corrected chi connectivity index (χ2v) is 9.79. The quantitative estimate of drug-likeness (QED) is 0.300. The van der Waals surface area contributed by atoms with E-state index >= 15 is 0 Å². The molecule has 35 heavy (non-hydrogen) atoms. The van der Waals surface area contributed by atoms with E-state index in [-0.39, 0.29) is 11.8 Å². The van der Waals surface area contributed by atoms with Gasteiger partial charge in [-0.3, -0.25) is 9.59 Å². The van der Waals surface area contributed by atoms with Crippen LogP contribution in [-0.4, -0.2) is 16.8 Å². The number of nitrogens with zero attached hydrogens (tertiary/aromatic N) is 1. The number of halogens is 1. The van der Waals surface area contributed by atoms with Gasteiger partial charge in [-0.25, -0.2) is 0 Å². The van der Waals surface area contributed by atoms with E-state index in [1.807, 2.05) is 56.3 Å². The van der Waals surface area contributed by atoms with Crippen LogP contribution in [0.2, 0.25) is 5.02 Å². The first-order valence-electron chi connectivity index (χ1n) is 11.3. The third-order valence-corrected chi connectivity index (χ3v) is 7.02. The van der Waals surface area contributed by atoms with E-state index < -0.39 is 5.41 Å². The molecule has 3 heterocycles. The van der Waals surface area contributed by atoms with Crippen molar-refractivity contribution in [1.29, 1.82) is 0 Å². The molecule has 2 amide bonds. The van der Waals surface area contributed by atoms with Crippen LogP contribution >= 0.6 is 11.6 Å². The average molecular weight is 484 g/mol. The van der Waals surface area contributed by atoms with Crippen molar-refractivity contribution in [3.05, 3.63) is 94.8 Å². The van der Waals surface area contributed by atoms with Crippen molar-refractivity contribution in [3.8, 4) is 0 Å². The molecule has 6 nitrogen and oxygen atoms in total. The number of furan rings is 1. The predicted molar refractivity (Wildman–Crippen MR) is 138 cm³/mol. The number of hydrogen-bond donors (Lipinski definition) is 2. The number of hydrogen-bond acceptors (Lipinski definition) is 3. The molecule has 2 aromatic heterocycles. The Balaban J connectivity index is 1.36. The molecule has 0 radical (unpaired) electrons. The smallest absolute Gasteiger partial charge is 0.255 e. The van der Waals surface area contributed by atoms with E-state index in [0.29, 0.717) is 22.8 Å². The minimum absolute atomic E-state index is 0.0140.